The maximum absolute atomic E-state index is 6.50. The molecule has 3 aromatic rings. The molecule has 4 aliphatic carbocycles. The predicted octanol–water partition coefficient (Wildman–Crippen LogP) is 4.56. The number of rotatable bonds is 5. The van der Waals surface area contributed by atoms with Gasteiger partial charge in [-0.3, -0.25) is 0 Å². The summed E-state index contributed by atoms with van der Waals surface area (Å²) >= 11 is 0. The minimum Gasteiger partial charge on any atom is -0.350 e. The first-order valence-corrected chi connectivity index (χ1v) is 11.2. The second kappa shape index (κ2) is 6.43. The first-order valence-electron chi connectivity index (χ1n) is 11.2. The average Bonchev–Trinajstić information content (AvgIpc) is 3.26. The van der Waals surface area contributed by atoms with Gasteiger partial charge in [-0.1, -0.05) is 23.4 Å². The number of nitrogens with zero attached hydrogens (tertiary/aromatic N) is 3. The van der Waals surface area contributed by atoms with Gasteiger partial charge in [-0.05, 0) is 79.7 Å². The molecule has 1 atom stereocenters. The predicted molar refractivity (Wildman–Crippen MR) is 112 cm³/mol. The van der Waals surface area contributed by atoms with E-state index < -0.39 is 0 Å². The summed E-state index contributed by atoms with van der Waals surface area (Å²) < 4.78 is 7.79. The van der Waals surface area contributed by atoms with Gasteiger partial charge in [-0.15, -0.1) is 0 Å². The van der Waals surface area contributed by atoms with Crippen LogP contribution in [0.2, 0.25) is 0 Å². The van der Waals surface area contributed by atoms with Gasteiger partial charge in [0.05, 0.1) is 6.04 Å². The van der Waals surface area contributed by atoms with Gasteiger partial charge in [0, 0.05) is 30.6 Å². The van der Waals surface area contributed by atoms with Gasteiger partial charge in [-0.25, -0.2) is 0 Å². The van der Waals surface area contributed by atoms with Crippen molar-refractivity contribution in [1.82, 2.24) is 14.7 Å². The Balaban J connectivity index is 1.19. The highest BCUT2D eigenvalue weighted by molar-refractivity contribution is 5.83. The Morgan fingerprint density at radius 2 is 1.83 bits per heavy atom. The van der Waals surface area contributed by atoms with Crippen molar-refractivity contribution in [1.29, 1.82) is 0 Å². The summed E-state index contributed by atoms with van der Waals surface area (Å²) in [5.74, 6) is 4.29. The number of hydrogen-bond acceptors (Lipinski definition) is 4. The third-order valence-corrected chi connectivity index (χ3v) is 7.92. The molecular weight excluding hydrogens is 360 g/mol. The Bertz CT molecular complexity index is 1010. The van der Waals surface area contributed by atoms with Crippen molar-refractivity contribution < 1.29 is 4.52 Å². The highest BCUT2D eigenvalue weighted by Crippen LogP contribution is 2.60. The number of hydrogen-bond donors (Lipinski definition) is 1. The monoisotopic (exact) mass is 390 g/mol. The molecule has 2 N–H and O–H groups in total. The molecule has 7 rings (SSSR count). The number of nitrogens with two attached hydrogens (primary N) is 1. The zero-order chi connectivity index (χ0) is 19.6. The lowest BCUT2D eigenvalue weighted by Crippen LogP contribution is -2.47. The van der Waals surface area contributed by atoms with Crippen molar-refractivity contribution in [2.75, 3.05) is 0 Å². The van der Waals surface area contributed by atoms with Crippen LogP contribution in [0.4, 0.5) is 0 Å². The quantitative estimate of drug-likeness (QED) is 0.693. The fraction of sp³-hybridized carbons (Fsp3) is 0.583. The lowest BCUT2D eigenvalue weighted by atomic mass is 9.49. The Kier molecular flexibility index (Phi) is 3.92. The van der Waals surface area contributed by atoms with E-state index >= 15 is 0 Å². The van der Waals surface area contributed by atoms with Crippen LogP contribution in [0.1, 0.15) is 61.8 Å². The van der Waals surface area contributed by atoms with Crippen LogP contribution in [0.15, 0.2) is 35.0 Å². The first-order chi connectivity index (χ1) is 14.1. The highest BCUT2D eigenvalue weighted by Gasteiger charge is 2.51. The molecule has 5 nitrogen and oxygen atoms in total. The zero-order valence-corrected chi connectivity index (χ0v) is 17.2. The minimum absolute atomic E-state index is 0.265. The number of aromatic nitrogens is 3. The van der Waals surface area contributed by atoms with Crippen molar-refractivity contribution >= 4 is 10.9 Å². The van der Waals surface area contributed by atoms with Gasteiger partial charge in [0.1, 0.15) is 0 Å². The van der Waals surface area contributed by atoms with Gasteiger partial charge in [-0.2, -0.15) is 4.98 Å². The Labute approximate surface area is 171 Å². The SMILES string of the molecule is Cn1cc(C[C@H](N)c2nc(CC34CC5CC(CC(C5)C3)C4)no2)c2ccccc21. The third kappa shape index (κ3) is 3.02. The maximum atomic E-state index is 6.50. The molecule has 4 saturated carbocycles. The molecule has 0 amide bonds. The standard InChI is InChI=1S/C24H30N4O/c1-28-14-18(19-4-2-3-5-21(19)28)9-20(25)23-26-22(27-29-23)13-24-10-15-6-16(11-24)8-17(7-15)12-24/h2-5,14-17,20H,6-13,25H2,1H3/t15?,16?,17?,20-,24?/m0/s1. The summed E-state index contributed by atoms with van der Waals surface area (Å²) in [6, 6.07) is 8.18. The fourth-order valence-electron chi connectivity index (χ4n) is 7.24. The van der Waals surface area contributed by atoms with E-state index in [2.05, 4.69) is 47.2 Å². The van der Waals surface area contributed by atoms with Crippen molar-refractivity contribution in [3.05, 3.63) is 47.7 Å². The Morgan fingerprint density at radius 3 is 2.55 bits per heavy atom. The van der Waals surface area contributed by atoms with Crippen LogP contribution in [0.25, 0.3) is 10.9 Å². The van der Waals surface area contributed by atoms with E-state index in [-0.39, 0.29) is 6.04 Å². The fourth-order valence-corrected chi connectivity index (χ4v) is 7.24. The summed E-state index contributed by atoms with van der Waals surface area (Å²) in [5.41, 5.74) is 9.38. The number of fused-ring (bicyclic) bond motifs is 1. The van der Waals surface area contributed by atoms with Crippen molar-refractivity contribution in [2.45, 2.75) is 57.4 Å². The van der Waals surface area contributed by atoms with Crippen LogP contribution in [-0.4, -0.2) is 14.7 Å². The molecule has 152 valence electrons. The van der Waals surface area contributed by atoms with Crippen LogP contribution in [0.5, 0.6) is 0 Å². The Morgan fingerprint density at radius 1 is 1.14 bits per heavy atom. The number of para-hydroxylation sites is 1. The molecule has 0 spiro atoms. The molecule has 4 aliphatic rings. The van der Waals surface area contributed by atoms with Crippen LogP contribution < -0.4 is 5.73 Å². The van der Waals surface area contributed by atoms with E-state index in [1.165, 1.54) is 55.0 Å². The molecule has 1 aromatic carbocycles. The van der Waals surface area contributed by atoms with E-state index in [1.807, 2.05) is 0 Å². The zero-order valence-electron chi connectivity index (χ0n) is 17.2. The molecule has 0 saturated heterocycles. The van der Waals surface area contributed by atoms with Crippen molar-refractivity contribution in [3.8, 4) is 0 Å². The van der Waals surface area contributed by atoms with Gasteiger partial charge in [0.2, 0.25) is 5.89 Å². The minimum atomic E-state index is -0.265. The van der Waals surface area contributed by atoms with Crippen molar-refractivity contribution in [3.63, 3.8) is 0 Å². The molecule has 4 fully saturated rings. The van der Waals surface area contributed by atoms with E-state index in [0.29, 0.717) is 17.7 Å². The molecule has 0 unspecified atom stereocenters. The Hall–Kier alpha value is -2.14. The van der Waals surface area contributed by atoms with Gasteiger partial charge >= 0.3 is 0 Å². The normalized spacial score (nSPS) is 31.6. The van der Waals surface area contributed by atoms with E-state index in [9.17, 15) is 0 Å². The molecule has 5 heteroatoms. The summed E-state index contributed by atoms with van der Waals surface area (Å²) in [5, 5.41) is 5.60. The summed E-state index contributed by atoms with van der Waals surface area (Å²) in [6.45, 7) is 0. The smallest absolute Gasteiger partial charge is 0.243 e. The molecule has 4 bridgehead atoms. The maximum Gasteiger partial charge on any atom is 0.243 e. The molecule has 2 heterocycles. The van der Waals surface area contributed by atoms with E-state index in [4.69, 9.17) is 15.2 Å². The summed E-state index contributed by atoms with van der Waals surface area (Å²) in [6.07, 6.45) is 12.3. The lowest BCUT2D eigenvalue weighted by Gasteiger charge is -2.56. The first kappa shape index (κ1) is 17.7. The van der Waals surface area contributed by atoms with E-state index in [0.717, 1.165) is 30.0 Å². The molecule has 0 radical (unpaired) electrons. The molecule has 29 heavy (non-hydrogen) atoms. The van der Waals surface area contributed by atoms with Gasteiger partial charge < -0.3 is 14.8 Å². The lowest BCUT2D eigenvalue weighted by molar-refractivity contribution is -0.0533. The van der Waals surface area contributed by atoms with Gasteiger partial charge in [0.15, 0.2) is 5.82 Å². The average molecular weight is 391 g/mol. The summed E-state index contributed by atoms with van der Waals surface area (Å²) in [4.78, 5) is 4.76. The number of benzene rings is 1. The third-order valence-electron chi connectivity index (χ3n) is 7.92. The summed E-state index contributed by atoms with van der Waals surface area (Å²) in [7, 11) is 2.08. The molecule has 0 aliphatic heterocycles. The van der Waals surface area contributed by atoms with E-state index in [1.54, 1.807) is 0 Å². The van der Waals surface area contributed by atoms with Crippen LogP contribution >= 0.6 is 0 Å². The topological polar surface area (TPSA) is 69.9 Å². The van der Waals surface area contributed by atoms with Gasteiger partial charge in [0.25, 0.3) is 0 Å². The van der Waals surface area contributed by atoms with Crippen molar-refractivity contribution in [2.24, 2.45) is 36.0 Å². The molecular formula is C24H30N4O. The van der Waals surface area contributed by atoms with Crippen LogP contribution in [0, 0.1) is 23.2 Å². The highest BCUT2D eigenvalue weighted by atomic mass is 16.5. The van der Waals surface area contributed by atoms with Crippen LogP contribution in [-0.2, 0) is 19.9 Å². The number of aryl methyl sites for hydroxylation is 1. The van der Waals surface area contributed by atoms with Crippen LogP contribution in [0.3, 0.4) is 0 Å². The second-order valence-corrected chi connectivity index (χ2v) is 10.2. The largest absolute Gasteiger partial charge is 0.350 e. The molecule has 2 aromatic heterocycles. The second-order valence-electron chi connectivity index (χ2n) is 10.2.